The molecule has 3 atom stereocenters. The minimum absolute atomic E-state index is 0.0247. The summed E-state index contributed by atoms with van der Waals surface area (Å²) in [5.74, 6) is 1.03. The topological polar surface area (TPSA) is 79.4 Å². The van der Waals surface area contributed by atoms with Gasteiger partial charge in [-0.15, -0.1) is 0 Å². The van der Waals surface area contributed by atoms with Crippen LogP contribution in [0.15, 0.2) is 17.0 Å². The molecule has 4 N–H and O–H groups in total. The molecule has 0 aromatic heterocycles. The number of nitrogens with zero attached hydrogens (tertiary/aromatic N) is 4. The molecule has 3 aliphatic heterocycles. The summed E-state index contributed by atoms with van der Waals surface area (Å²) < 4.78 is 8.68. The molecule has 0 aromatic carbocycles. The van der Waals surface area contributed by atoms with E-state index in [9.17, 15) is 0 Å². The van der Waals surface area contributed by atoms with Gasteiger partial charge in [-0.05, 0) is 0 Å². The maximum atomic E-state index is 5.41. The van der Waals surface area contributed by atoms with Crippen molar-refractivity contribution in [1.82, 2.24) is 34.3 Å². The average Bonchev–Trinajstić information content (AvgIpc) is 3.07. The fourth-order valence-electron chi connectivity index (χ4n) is 3.76. The molecular weight excluding hydrogens is 495 g/mol. The molecule has 0 bridgehead atoms. The van der Waals surface area contributed by atoms with Crippen LogP contribution in [0, 0.1) is 0 Å². The second-order valence-electron chi connectivity index (χ2n) is 8.55. The monoisotopic (exact) mass is 535 g/mol. The Hall–Kier alpha value is -0.660. The number of hydrogen-bond acceptors (Lipinski definition) is 9. The van der Waals surface area contributed by atoms with Crippen LogP contribution in [0.1, 0.15) is 34.1 Å². The zero-order valence-corrected chi connectivity index (χ0v) is 21.3. The predicted octanol–water partition coefficient (Wildman–Crippen LogP) is -3.09. The van der Waals surface area contributed by atoms with Gasteiger partial charge in [0.2, 0.25) is 0 Å². The predicted molar refractivity (Wildman–Crippen MR) is 117 cm³/mol. The van der Waals surface area contributed by atoms with Crippen molar-refractivity contribution in [3.05, 3.63) is 11.9 Å². The van der Waals surface area contributed by atoms with E-state index < -0.39 is 0 Å². The number of rotatable bonds is 11. The third kappa shape index (κ3) is 7.20. The van der Waals surface area contributed by atoms with Crippen molar-refractivity contribution in [1.29, 1.82) is 0 Å². The Morgan fingerprint density at radius 2 is 2.10 bits per heavy atom. The molecule has 9 nitrogen and oxygen atoms in total. The first-order valence-corrected chi connectivity index (χ1v) is 13.3. The molecule has 174 valence electrons. The Labute approximate surface area is 192 Å². The van der Waals surface area contributed by atoms with Gasteiger partial charge in [0.05, 0.1) is 0 Å². The van der Waals surface area contributed by atoms with Crippen molar-refractivity contribution in [2.45, 2.75) is 56.4 Å². The molecule has 0 aromatic rings. The van der Waals surface area contributed by atoms with Crippen molar-refractivity contribution in [3.8, 4) is 0 Å². The number of hydrazone groups is 1. The van der Waals surface area contributed by atoms with Crippen LogP contribution in [-0.4, -0.2) is 94.2 Å². The summed E-state index contributed by atoms with van der Waals surface area (Å²) in [6.45, 7) is 15.7. The van der Waals surface area contributed by atoms with Gasteiger partial charge in [0, 0.05) is 0 Å². The zero-order chi connectivity index (χ0) is 21.5. The van der Waals surface area contributed by atoms with Crippen LogP contribution >= 0.6 is 0 Å². The number of hydrogen-bond donors (Lipinski definition) is 4. The number of alkyl halides is 1. The Balaban J connectivity index is 1.40. The van der Waals surface area contributed by atoms with E-state index in [1.165, 1.54) is 12.1 Å². The molecular formula is C20H40IN8O-. The van der Waals surface area contributed by atoms with Crippen LogP contribution in [0.3, 0.4) is 0 Å². The van der Waals surface area contributed by atoms with E-state index in [0.29, 0.717) is 6.04 Å². The van der Waals surface area contributed by atoms with Crippen LogP contribution < -0.4 is 42.9 Å². The molecule has 0 radical (unpaired) electrons. The zero-order valence-electron chi connectivity index (χ0n) is 19.1. The number of morpholine rings is 1. The van der Waals surface area contributed by atoms with E-state index >= 15 is 0 Å². The Morgan fingerprint density at radius 3 is 2.83 bits per heavy atom. The maximum absolute atomic E-state index is 5.41. The van der Waals surface area contributed by atoms with Gasteiger partial charge >= 0.3 is 193 Å². The molecule has 0 aliphatic carbocycles. The standard InChI is InChI=1S/C20H40IN8O/c1-15(2)23-19-20-26-25-17(4)29(20)13-18(24-19)12-27(5)21-16(3)6-7-22-14-28-8-10-30-11-9-28/h13,15-17,19,22-25H,6-12,14H2,1-5H3/q-1/t16-,17?,19?/m1/s1. The van der Waals surface area contributed by atoms with E-state index in [4.69, 9.17) is 4.74 Å². The van der Waals surface area contributed by atoms with Crippen molar-refractivity contribution in [2.75, 3.05) is 53.1 Å². The molecule has 0 spiro atoms. The van der Waals surface area contributed by atoms with Crippen LogP contribution in [0.5, 0.6) is 0 Å². The molecule has 0 amide bonds. The van der Waals surface area contributed by atoms with E-state index in [2.05, 4.69) is 80.3 Å². The first kappa shape index (κ1) is 24.0. The summed E-state index contributed by atoms with van der Waals surface area (Å²) in [6, 6.07) is 0.387. The van der Waals surface area contributed by atoms with E-state index in [1.807, 2.05) is 0 Å². The van der Waals surface area contributed by atoms with Crippen LogP contribution in [0.2, 0.25) is 0 Å². The second-order valence-corrected chi connectivity index (χ2v) is 12.9. The molecule has 1 fully saturated rings. The van der Waals surface area contributed by atoms with E-state index in [0.717, 1.165) is 55.8 Å². The molecule has 3 aliphatic rings. The van der Waals surface area contributed by atoms with Gasteiger partial charge in [-0.1, -0.05) is 0 Å². The Morgan fingerprint density at radius 1 is 1.33 bits per heavy atom. The second kappa shape index (κ2) is 11.8. The minimum atomic E-state index is -0.0247. The number of likely N-dealkylation sites (N-methyl/N-ethyl adjacent to an activating group) is 1. The Bertz CT molecular complexity index is 595. The summed E-state index contributed by atoms with van der Waals surface area (Å²) >= 11 is -0.0247. The number of fused-ring (bicyclic) bond motifs is 1. The normalized spacial score (nSPS) is 25.8. The van der Waals surface area contributed by atoms with Gasteiger partial charge in [0.1, 0.15) is 0 Å². The van der Waals surface area contributed by atoms with Crippen molar-refractivity contribution in [2.24, 2.45) is 5.10 Å². The van der Waals surface area contributed by atoms with Crippen LogP contribution in [0.4, 0.5) is 0 Å². The molecule has 0 saturated carbocycles. The third-order valence-corrected chi connectivity index (χ3v) is 8.18. The quantitative estimate of drug-likeness (QED) is 0.0961. The van der Waals surface area contributed by atoms with Gasteiger partial charge in [0.15, 0.2) is 0 Å². The third-order valence-electron chi connectivity index (χ3n) is 5.31. The summed E-state index contributed by atoms with van der Waals surface area (Å²) in [5, 5.41) is 15.4. The van der Waals surface area contributed by atoms with Gasteiger partial charge in [-0.3, -0.25) is 0 Å². The number of halogens is 1. The van der Waals surface area contributed by atoms with Gasteiger partial charge in [0.25, 0.3) is 0 Å². The average molecular weight is 535 g/mol. The summed E-state index contributed by atoms with van der Waals surface area (Å²) in [5.41, 5.74) is 4.44. The van der Waals surface area contributed by atoms with Gasteiger partial charge < -0.3 is 0 Å². The van der Waals surface area contributed by atoms with Crippen LogP contribution in [-0.2, 0) is 4.74 Å². The number of nitrogens with one attached hydrogen (secondary N) is 4. The SMILES string of the molecule is CC(C)NC1NC(CN(C)[I-][C@H](C)CCNCN2CCOCC2)=CN2C1=NNC2C. The molecule has 10 heteroatoms. The molecule has 3 heterocycles. The fraction of sp³-hybridized carbons (Fsp3) is 0.850. The summed E-state index contributed by atoms with van der Waals surface area (Å²) in [7, 11) is 2.26. The number of amidine groups is 1. The first-order valence-electron chi connectivity index (χ1n) is 11.1. The van der Waals surface area contributed by atoms with Gasteiger partial charge in [-0.25, -0.2) is 0 Å². The number of ether oxygens (including phenoxy) is 1. The summed E-state index contributed by atoms with van der Waals surface area (Å²) in [4.78, 5) is 4.68. The van der Waals surface area contributed by atoms with E-state index in [1.54, 1.807) is 0 Å². The van der Waals surface area contributed by atoms with Gasteiger partial charge in [-0.2, -0.15) is 0 Å². The molecule has 3 rings (SSSR count). The van der Waals surface area contributed by atoms with Crippen LogP contribution in [0.25, 0.3) is 0 Å². The molecule has 30 heavy (non-hydrogen) atoms. The van der Waals surface area contributed by atoms with Crippen molar-refractivity contribution < 1.29 is 26.2 Å². The fourth-order valence-corrected chi connectivity index (χ4v) is 6.54. The first-order chi connectivity index (χ1) is 14.4. The summed E-state index contributed by atoms with van der Waals surface area (Å²) in [6.07, 6.45) is 3.70. The van der Waals surface area contributed by atoms with Crippen molar-refractivity contribution in [3.63, 3.8) is 0 Å². The Kier molecular flexibility index (Phi) is 9.45. The molecule has 1 saturated heterocycles. The van der Waals surface area contributed by atoms with Crippen molar-refractivity contribution >= 4 is 5.84 Å². The molecule has 2 unspecified atom stereocenters. The van der Waals surface area contributed by atoms with E-state index in [-0.39, 0.29) is 33.8 Å².